The van der Waals surface area contributed by atoms with E-state index in [2.05, 4.69) is 10.3 Å². The van der Waals surface area contributed by atoms with Gasteiger partial charge in [0.05, 0.1) is 0 Å². The second-order valence-electron chi connectivity index (χ2n) is 3.55. The first-order valence-corrected chi connectivity index (χ1v) is 6.86. The van der Waals surface area contributed by atoms with Crippen LogP contribution in [0.15, 0.2) is 47.5 Å². The van der Waals surface area contributed by atoms with Gasteiger partial charge in [0.15, 0.2) is 0 Å². The van der Waals surface area contributed by atoms with Crippen molar-refractivity contribution in [3.8, 4) is 0 Å². The Hall–Kier alpha value is -1.52. The van der Waals surface area contributed by atoms with Crippen molar-refractivity contribution in [1.29, 1.82) is 0 Å². The zero-order valence-corrected chi connectivity index (χ0v) is 11.3. The number of carbonyl (C=O) groups is 1. The Morgan fingerprint density at radius 2 is 2.00 bits per heavy atom. The van der Waals surface area contributed by atoms with Crippen molar-refractivity contribution in [3.63, 3.8) is 0 Å². The Balaban J connectivity index is 2.11. The maximum absolute atomic E-state index is 11.9. The number of thioether (sulfide) groups is 1. The summed E-state index contributed by atoms with van der Waals surface area (Å²) in [6.45, 7) is 0. The molecule has 0 fully saturated rings. The van der Waals surface area contributed by atoms with E-state index in [9.17, 15) is 4.79 Å². The van der Waals surface area contributed by atoms with E-state index in [0.717, 1.165) is 10.6 Å². The average Bonchev–Trinajstić information content (AvgIpc) is 2.39. The zero-order chi connectivity index (χ0) is 13.0. The van der Waals surface area contributed by atoms with E-state index in [0.29, 0.717) is 10.7 Å². The lowest BCUT2D eigenvalue weighted by atomic mass is 10.2. The number of nitrogens with zero attached hydrogens (tertiary/aromatic N) is 1. The van der Waals surface area contributed by atoms with Crippen molar-refractivity contribution in [1.82, 2.24) is 4.98 Å². The van der Waals surface area contributed by atoms with Crippen LogP contribution in [0.4, 0.5) is 5.69 Å². The first-order valence-electron chi connectivity index (χ1n) is 5.26. The minimum absolute atomic E-state index is 0.198. The standard InChI is InChI=1S/C13H11ClN2OS/c1-18-11-4-2-10(3-5-11)16-13(17)9-6-7-15-12(14)8-9/h2-8H,1H3,(H,16,17). The molecule has 0 bridgehead atoms. The van der Waals surface area contributed by atoms with E-state index in [1.807, 2.05) is 30.5 Å². The van der Waals surface area contributed by atoms with Crippen molar-refractivity contribution >= 4 is 35.0 Å². The van der Waals surface area contributed by atoms with E-state index in [-0.39, 0.29) is 5.91 Å². The summed E-state index contributed by atoms with van der Waals surface area (Å²) in [5, 5.41) is 3.11. The molecule has 0 aliphatic heterocycles. The summed E-state index contributed by atoms with van der Waals surface area (Å²) < 4.78 is 0. The first kappa shape index (κ1) is 12.9. The monoisotopic (exact) mass is 278 g/mol. The van der Waals surface area contributed by atoms with Crippen LogP contribution < -0.4 is 5.32 Å². The zero-order valence-electron chi connectivity index (χ0n) is 9.68. The number of hydrogen-bond acceptors (Lipinski definition) is 3. The number of pyridine rings is 1. The topological polar surface area (TPSA) is 42.0 Å². The van der Waals surface area contributed by atoms with Crippen LogP contribution in [0.3, 0.4) is 0 Å². The van der Waals surface area contributed by atoms with Gasteiger partial charge in [0.25, 0.3) is 5.91 Å². The Bertz CT molecular complexity index is 557. The van der Waals surface area contributed by atoms with Gasteiger partial charge < -0.3 is 5.32 Å². The molecule has 1 amide bonds. The van der Waals surface area contributed by atoms with Crippen LogP contribution >= 0.6 is 23.4 Å². The van der Waals surface area contributed by atoms with Gasteiger partial charge in [0, 0.05) is 22.3 Å². The third-order valence-corrected chi connectivity index (χ3v) is 3.29. The number of nitrogens with one attached hydrogen (secondary N) is 1. The summed E-state index contributed by atoms with van der Waals surface area (Å²) in [7, 11) is 0. The van der Waals surface area contributed by atoms with Crippen LogP contribution in [0, 0.1) is 0 Å². The highest BCUT2D eigenvalue weighted by Crippen LogP contribution is 2.18. The average molecular weight is 279 g/mol. The van der Waals surface area contributed by atoms with Crippen LogP contribution in [0.25, 0.3) is 0 Å². The molecule has 18 heavy (non-hydrogen) atoms. The lowest BCUT2D eigenvalue weighted by Crippen LogP contribution is -2.11. The molecule has 0 saturated carbocycles. The van der Waals surface area contributed by atoms with E-state index >= 15 is 0 Å². The second-order valence-corrected chi connectivity index (χ2v) is 4.82. The maximum atomic E-state index is 11.9. The van der Waals surface area contributed by atoms with Crippen LogP contribution in [0.5, 0.6) is 0 Å². The van der Waals surface area contributed by atoms with E-state index in [4.69, 9.17) is 11.6 Å². The van der Waals surface area contributed by atoms with Crippen LogP contribution in [-0.4, -0.2) is 17.1 Å². The summed E-state index contributed by atoms with van der Waals surface area (Å²) in [5.74, 6) is -0.198. The molecule has 2 rings (SSSR count). The van der Waals surface area contributed by atoms with E-state index < -0.39 is 0 Å². The lowest BCUT2D eigenvalue weighted by molar-refractivity contribution is 0.102. The van der Waals surface area contributed by atoms with Crippen molar-refractivity contribution in [2.24, 2.45) is 0 Å². The molecule has 0 atom stereocenters. The summed E-state index contributed by atoms with van der Waals surface area (Å²) >= 11 is 7.39. The highest BCUT2D eigenvalue weighted by Gasteiger charge is 2.06. The molecule has 0 aliphatic rings. The lowest BCUT2D eigenvalue weighted by Gasteiger charge is -2.05. The van der Waals surface area contributed by atoms with Crippen LogP contribution in [-0.2, 0) is 0 Å². The molecule has 5 heteroatoms. The number of hydrogen-bond donors (Lipinski definition) is 1. The number of amides is 1. The number of benzene rings is 1. The number of rotatable bonds is 3. The Kier molecular flexibility index (Phi) is 4.23. The molecule has 0 unspecified atom stereocenters. The second kappa shape index (κ2) is 5.89. The highest BCUT2D eigenvalue weighted by molar-refractivity contribution is 7.98. The van der Waals surface area contributed by atoms with Crippen molar-refractivity contribution in [3.05, 3.63) is 53.3 Å². The molecule has 1 heterocycles. The Morgan fingerprint density at radius 3 is 2.61 bits per heavy atom. The van der Waals surface area contributed by atoms with Crippen LogP contribution in [0.1, 0.15) is 10.4 Å². The normalized spacial score (nSPS) is 10.1. The summed E-state index contributed by atoms with van der Waals surface area (Å²) in [5.41, 5.74) is 1.25. The summed E-state index contributed by atoms with van der Waals surface area (Å²) in [6.07, 6.45) is 3.51. The van der Waals surface area contributed by atoms with Crippen molar-refractivity contribution in [2.45, 2.75) is 4.90 Å². The largest absolute Gasteiger partial charge is 0.322 e. The molecule has 0 spiro atoms. The predicted molar refractivity (Wildman–Crippen MR) is 75.4 cm³/mol. The Morgan fingerprint density at radius 1 is 1.28 bits per heavy atom. The molecule has 1 aromatic heterocycles. The molecule has 0 aliphatic carbocycles. The molecule has 92 valence electrons. The van der Waals surface area contributed by atoms with Crippen LogP contribution in [0.2, 0.25) is 5.15 Å². The Labute approximate surface area is 115 Å². The quantitative estimate of drug-likeness (QED) is 0.687. The van der Waals surface area contributed by atoms with Gasteiger partial charge in [-0.25, -0.2) is 4.98 Å². The van der Waals surface area contributed by atoms with Gasteiger partial charge in [-0.3, -0.25) is 4.79 Å². The fraction of sp³-hybridized carbons (Fsp3) is 0.0769. The number of carbonyl (C=O) groups excluding carboxylic acids is 1. The minimum Gasteiger partial charge on any atom is -0.322 e. The molecule has 1 aromatic carbocycles. The first-order chi connectivity index (χ1) is 8.69. The van der Waals surface area contributed by atoms with Crippen molar-refractivity contribution in [2.75, 3.05) is 11.6 Å². The van der Waals surface area contributed by atoms with Gasteiger partial charge in [0.1, 0.15) is 5.15 Å². The van der Waals surface area contributed by atoms with Gasteiger partial charge in [-0.1, -0.05) is 11.6 Å². The third-order valence-electron chi connectivity index (χ3n) is 2.34. The van der Waals surface area contributed by atoms with E-state index in [1.165, 1.54) is 12.3 Å². The van der Waals surface area contributed by atoms with Gasteiger partial charge >= 0.3 is 0 Å². The molecule has 2 aromatic rings. The minimum atomic E-state index is -0.198. The number of anilines is 1. The molecular formula is C13H11ClN2OS. The van der Waals surface area contributed by atoms with Crippen molar-refractivity contribution < 1.29 is 4.79 Å². The number of aromatic nitrogens is 1. The maximum Gasteiger partial charge on any atom is 0.255 e. The van der Waals surface area contributed by atoms with Gasteiger partial charge in [-0.15, -0.1) is 11.8 Å². The summed E-state index contributed by atoms with van der Waals surface area (Å²) in [6, 6.07) is 10.8. The predicted octanol–water partition coefficient (Wildman–Crippen LogP) is 3.71. The molecule has 0 saturated heterocycles. The molecule has 3 nitrogen and oxygen atoms in total. The fourth-order valence-electron chi connectivity index (χ4n) is 1.42. The fourth-order valence-corrected chi connectivity index (χ4v) is 2.00. The third kappa shape index (κ3) is 3.24. The van der Waals surface area contributed by atoms with Gasteiger partial charge in [-0.2, -0.15) is 0 Å². The number of halogens is 1. The SMILES string of the molecule is CSc1ccc(NC(=O)c2ccnc(Cl)c2)cc1. The van der Waals surface area contributed by atoms with Gasteiger partial charge in [0.2, 0.25) is 0 Å². The van der Waals surface area contributed by atoms with E-state index in [1.54, 1.807) is 17.8 Å². The highest BCUT2D eigenvalue weighted by atomic mass is 35.5. The van der Waals surface area contributed by atoms with Gasteiger partial charge in [-0.05, 0) is 42.7 Å². The smallest absolute Gasteiger partial charge is 0.255 e. The molecule has 1 N–H and O–H groups in total. The molecular weight excluding hydrogens is 268 g/mol. The summed E-state index contributed by atoms with van der Waals surface area (Å²) in [4.78, 5) is 16.9. The molecule has 0 radical (unpaired) electrons.